The Hall–Kier alpha value is -0.610. The van der Waals surface area contributed by atoms with Crippen molar-refractivity contribution in [2.24, 2.45) is 0 Å². The van der Waals surface area contributed by atoms with Gasteiger partial charge in [-0.25, -0.2) is 0 Å². The molecular weight excluding hydrogens is 168 g/mol. The third kappa shape index (κ3) is 7.74. The first-order valence-electron chi connectivity index (χ1n) is 4.75. The molecule has 0 rings (SSSR count). The van der Waals surface area contributed by atoms with Gasteiger partial charge in [0, 0.05) is 19.1 Å². The molecule has 1 unspecified atom stereocenters. The van der Waals surface area contributed by atoms with Gasteiger partial charge in [-0.3, -0.25) is 4.79 Å². The summed E-state index contributed by atoms with van der Waals surface area (Å²) in [5, 5.41) is 14.4. The molecule has 0 aliphatic carbocycles. The molecule has 0 heterocycles. The maximum Gasteiger partial charge on any atom is 0.220 e. The Kier molecular flexibility index (Phi) is 7.63. The van der Waals surface area contributed by atoms with Crippen molar-refractivity contribution in [2.45, 2.75) is 32.2 Å². The zero-order valence-electron chi connectivity index (χ0n) is 8.47. The highest BCUT2D eigenvalue weighted by Gasteiger charge is 2.05. The fourth-order valence-corrected chi connectivity index (χ4v) is 1.04. The summed E-state index contributed by atoms with van der Waals surface area (Å²) in [5.74, 6) is 0.0659. The lowest BCUT2D eigenvalue weighted by atomic mass is 10.2. The van der Waals surface area contributed by atoms with Crippen LogP contribution < -0.4 is 10.6 Å². The second-order valence-corrected chi connectivity index (χ2v) is 3.19. The van der Waals surface area contributed by atoms with Crippen molar-refractivity contribution in [3.63, 3.8) is 0 Å². The van der Waals surface area contributed by atoms with Crippen molar-refractivity contribution in [2.75, 3.05) is 20.2 Å². The van der Waals surface area contributed by atoms with E-state index >= 15 is 0 Å². The van der Waals surface area contributed by atoms with E-state index in [4.69, 9.17) is 5.11 Å². The molecule has 0 radical (unpaired) electrons. The summed E-state index contributed by atoms with van der Waals surface area (Å²) in [4.78, 5) is 11.2. The van der Waals surface area contributed by atoms with Gasteiger partial charge >= 0.3 is 0 Å². The Morgan fingerprint density at radius 2 is 2.23 bits per heavy atom. The standard InChI is InChI=1S/C9H20N2O2/c1-8(5-7-12)11-9(13)4-3-6-10-2/h8,10,12H,3-7H2,1-2H3,(H,11,13). The molecule has 4 heteroatoms. The first kappa shape index (κ1) is 12.4. The lowest BCUT2D eigenvalue weighted by molar-refractivity contribution is -0.121. The van der Waals surface area contributed by atoms with Crippen LogP contribution in [-0.2, 0) is 4.79 Å². The molecule has 1 atom stereocenters. The summed E-state index contributed by atoms with van der Waals surface area (Å²) in [6.07, 6.45) is 2.03. The highest BCUT2D eigenvalue weighted by atomic mass is 16.3. The Morgan fingerprint density at radius 3 is 2.77 bits per heavy atom. The van der Waals surface area contributed by atoms with Gasteiger partial charge in [0.05, 0.1) is 0 Å². The first-order valence-corrected chi connectivity index (χ1v) is 4.75. The molecular formula is C9H20N2O2. The average Bonchev–Trinajstić information content (AvgIpc) is 2.05. The van der Waals surface area contributed by atoms with Gasteiger partial charge in [-0.1, -0.05) is 0 Å². The minimum absolute atomic E-state index is 0.0659. The number of amides is 1. The molecule has 78 valence electrons. The normalized spacial score (nSPS) is 12.5. The molecule has 3 N–H and O–H groups in total. The van der Waals surface area contributed by atoms with E-state index in [1.807, 2.05) is 14.0 Å². The van der Waals surface area contributed by atoms with Gasteiger partial charge in [-0.2, -0.15) is 0 Å². The van der Waals surface area contributed by atoms with Crippen molar-refractivity contribution in [3.05, 3.63) is 0 Å². The molecule has 0 bridgehead atoms. The maximum absolute atomic E-state index is 11.2. The van der Waals surface area contributed by atoms with Crippen LogP contribution in [0.25, 0.3) is 0 Å². The minimum atomic E-state index is 0.0659. The van der Waals surface area contributed by atoms with E-state index in [2.05, 4.69) is 10.6 Å². The largest absolute Gasteiger partial charge is 0.396 e. The summed E-state index contributed by atoms with van der Waals surface area (Å²) in [6, 6.07) is 0.0760. The quantitative estimate of drug-likeness (QED) is 0.488. The zero-order chi connectivity index (χ0) is 10.1. The van der Waals surface area contributed by atoms with Crippen LogP contribution in [0, 0.1) is 0 Å². The van der Waals surface area contributed by atoms with Crippen LogP contribution in [0.4, 0.5) is 0 Å². The van der Waals surface area contributed by atoms with Crippen LogP contribution in [0.1, 0.15) is 26.2 Å². The summed E-state index contributed by atoms with van der Waals surface area (Å²) in [6.45, 7) is 2.88. The molecule has 0 saturated carbocycles. The highest BCUT2D eigenvalue weighted by molar-refractivity contribution is 5.76. The van der Waals surface area contributed by atoms with E-state index in [0.29, 0.717) is 12.8 Å². The molecule has 0 aromatic rings. The number of hydrogen-bond donors (Lipinski definition) is 3. The van der Waals surface area contributed by atoms with Crippen LogP contribution in [-0.4, -0.2) is 37.3 Å². The first-order chi connectivity index (χ1) is 6.20. The number of carbonyl (C=O) groups excluding carboxylic acids is 1. The van der Waals surface area contributed by atoms with Crippen molar-refractivity contribution in [3.8, 4) is 0 Å². The Balaban J connectivity index is 3.38. The highest BCUT2D eigenvalue weighted by Crippen LogP contribution is 1.92. The van der Waals surface area contributed by atoms with E-state index in [9.17, 15) is 4.79 Å². The van der Waals surface area contributed by atoms with E-state index in [-0.39, 0.29) is 18.6 Å². The molecule has 0 aromatic heterocycles. The Morgan fingerprint density at radius 1 is 1.54 bits per heavy atom. The fraction of sp³-hybridized carbons (Fsp3) is 0.889. The average molecular weight is 188 g/mol. The predicted octanol–water partition coefficient (Wildman–Crippen LogP) is -0.127. The predicted molar refractivity (Wildman–Crippen MR) is 52.5 cm³/mol. The van der Waals surface area contributed by atoms with Gasteiger partial charge in [0.2, 0.25) is 5.91 Å². The second kappa shape index (κ2) is 8.01. The van der Waals surface area contributed by atoms with Gasteiger partial charge < -0.3 is 15.7 Å². The van der Waals surface area contributed by atoms with Gasteiger partial charge in [-0.05, 0) is 33.4 Å². The van der Waals surface area contributed by atoms with E-state index in [0.717, 1.165) is 13.0 Å². The van der Waals surface area contributed by atoms with E-state index in [1.54, 1.807) is 0 Å². The lowest BCUT2D eigenvalue weighted by Crippen LogP contribution is -2.33. The number of rotatable bonds is 7. The summed E-state index contributed by atoms with van der Waals surface area (Å²) in [7, 11) is 1.87. The summed E-state index contributed by atoms with van der Waals surface area (Å²) < 4.78 is 0. The summed E-state index contributed by atoms with van der Waals surface area (Å²) >= 11 is 0. The fourth-order valence-electron chi connectivity index (χ4n) is 1.04. The molecule has 0 aliphatic rings. The van der Waals surface area contributed by atoms with Gasteiger partial charge in [0.15, 0.2) is 0 Å². The second-order valence-electron chi connectivity index (χ2n) is 3.19. The van der Waals surface area contributed by atoms with Crippen LogP contribution in [0.15, 0.2) is 0 Å². The molecule has 13 heavy (non-hydrogen) atoms. The van der Waals surface area contributed by atoms with Crippen molar-refractivity contribution >= 4 is 5.91 Å². The Bertz CT molecular complexity index is 140. The molecule has 0 aromatic carbocycles. The van der Waals surface area contributed by atoms with Crippen LogP contribution in [0.3, 0.4) is 0 Å². The van der Waals surface area contributed by atoms with Crippen molar-refractivity contribution < 1.29 is 9.90 Å². The molecule has 4 nitrogen and oxygen atoms in total. The third-order valence-corrected chi connectivity index (χ3v) is 1.80. The third-order valence-electron chi connectivity index (χ3n) is 1.80. The van der Waals surface area contributed by atoms with E-state index in [1.165, 1.54) is 0 Å². The van der Waals surface area contributed by atoms with E-state index < -0.39 is 0 Å². The van der Waals surface area contributed by atoms with Crippen LogP contribution in [0.2, 0.25) is 0 Å². The minimum Gasteiger partial charge on any atom is -0.396 e. The zero-order valence-corrected chi connectivity index (χ0v) is 8.47. The van der Waals surface area contributed by atoms with Crippen LogP contribution in [0.5, 0.6) is 0 Å². The molecule has 0 saturated heterocycles. The molecule has 0 spiro atoms. The number of aliphatic hydroxyl groups is 1. The number of hydrogen-bond acceptors (Lipinski definition) is 3. The van der Waals surface area contributed by atoms with Crippen molar-refractivity contribution in [1.29, 1.82) is 0 Å². The van der Waals surface area contributed by atoms with Gasteiger partial charge in [0.25, 0.3) is 0 Å². The number of aliphatic hydroxyl groups excluding tert-OH is 1. The van der Waals surface area contributed by atoms with Gasteiger partial charge in [-0.15, -0.1) is 0 Å². The maximum atomic E-state index is 11.2. The Labute approximate surface area is 79.7 Å². The van der Waals surface area contributed by atoms with Crippen LogP contribution >= 0.6 is 0 Å². The number of carbonyl (C=O) groups is 1. The smallest absolute Gasteiger partial charge is 0.220 e. The lowest BCUT2D eigenvalue weighted by Gasteiger charge is -2.11. The van der Waals surface area contributed by atoms with Gasteiger partial charge in [0.1, 0.15) is 0 Å². The number of nitrogens with one attached hydrogen (secondary N) is 2. The SMILES string of the molecule is CNCCCC(=O)NC(C)CCO. The molecule has 0 aliphatic heterocycles. The van der Waals surface area contributed by atoms with Crippen molar-refractivity contribution in [1.82, 2.24) is 10.6 Å². The topological polar surface area (TPSA) is 61.4 Å². The summed E-state index contributed by atoms with van der Waals surface area (Å²) in [5.41, 5.74) is 0. The molecule has 1 amide bonds. The molecule has 0 fully saturated rings. The monoisotopic (exact) mass is 188 g/mol.